The summed E-state index contributed by atoms with van der Waals surface area (Å²) in [5, 5.41) is 3.12. The molecule has 0 radical (unpaired) electrons. The number of hydrogen-bond donors (Lipinski definition) is 1. The first-order valence-corrected chi connectivity index (χ1v) is 6.94. The van der Waals surface area contributed by atoms with Gasteiger partial charge >= 0.3 is 0 Å². The second kappa shape index (κ2) is 5.45. The second-order valence-corrected chi connectivity index (χ2v) is 5.17. The van der Waals surface area contributed by atoms with Crippen molar-refractivity contribution in [1.82, 2.24) is 15.0 Å². The van der Waals surface area contributed by atoms with Crippen molar-refractivity contribution >= 4 is 11.6 Å². The minimum absolute atomic E-state index is 0.547. The number of nitrogens with one attached hydrogen (secondary N) is 1. The summed E-state index contributed by atoms with van der Waals surface area (Å²) in [5.41, 5.74) is 1.03. The lowest BCUT2D eigenvalue weighted by atomic mass is 10.3. The molecule has 1 aliphatic carbocycles. The molecule has 1 saturated carbocycles. The number of hydrogen-bond acceptors (Lipinski definition) is 5. The van der Waals surface area contributed by atoms with Crippen LogP contribution in [-0.2, 0) is 6.54 Å². The average molecular weight is 269 g/mol. The molecular weight excluding hydrogens is 250 g/mol. The summed E-state index contributed by atoms with van der Waals surface area (Å²) in [6.07, 6.45) is 4.23. The van der Waals surface area contributed by atoms with Gasteiger partial charge in [0.1, 0.15) is 17.5 Å². The van der Waals surface area contributed by atoms with E-state index in [1.165, 1.54) is 12.8 Å². The van der Waals surface area contributed by atoms with Gasteiger partial charge in [0.2, 0.25) is 0 Å². The van der Waals surface area contributed by atoms with Gasteiger partial charge in [0.15, 0.2) is 0 Å². The highest BCUT2D eigenvalue weighted by molar-refractivity contribution is 5.49. The van der Waals surface area contributed by atoms with E-state index < -0.39 is 0 Å². The summed E-state index contributed by atoms with van der Waals surface area (Å²) in [6.45, 7) is 0.741. The van der Waals surface area contributed by atoms with Gasteiger partial charge in [-0.15, -0.1) is 0 Å². The van der Waals surface area contributed by atoms with Gasteiger partial charge in [-0.05, 0) is 25.0 Å². The first kappa shape index (κ1) is 12.8. The van der Waals surface area contributed by atoms with Crippen molar-refractivity contribution in [2.45, 2.75) is 25.3 Å². The molecule has 0 aromatic carbocycles. The Morgan fingerprint density at radius 1 is 1.30 bits per heavy atom. The van der Waals surface area contributed by atoms with Crippen molar-refractivity contribution in [3.8, 4) is 0 Å². The Hall–Kier alpha value is -2.17. The molecule has 5 nitrogen and oxygen atoms in total. The van der Waals surface area contributed by atoms with Crippen molar-refractivity contribution < 1.29 is 0 Å². The van der Waals surface area contributed by atoms with Gasteiger partial charge in [-0.1, -0.05) is 6.07 Å². The Morgan fingerprint density at radius 3 is 2.80 bits per heavy atom. The van der Waals surface area contributed by atoms with Crippen molar-refractivity contribution in [3.05, 3.63) is 42.0 Å². The molecule has 0 amide bonds. The number of pyridine rings is 1. The third-order valence-electron chi connectivity index (χ3n) is 3.44. The summed E-state index contributed by atoms with van der Waals surface area (Å²) < 4.78 is 0. The molecule has 104 valence electrons. The number of aromatic nitrogens is 3. The summed E-state index contributed by atoms with van der Waals surface area (Å²) in [6, 6.07) is 7.94. The monoisotopic (exact) mass is 269 g/mol. The van der Waals surface area contributed by atoms with Crippen molar-refractivity contribution in [3.63, 3.8) is 0 Å². The van der Waals surface area contributed by atoms with Crippen LogP contribution in [0.1, 0.15) is 30.3 Å². The maximum atomic E-state index is 4.69. The van der Waals surface area contributed by atoms with Gasteiger partial charge in [0.25, 0.3) is 0 Å². The predicted octanol–water partition coefficient (Wildman–Crippen LogP) is 2.43. The minimum atomic E-state index is 0.547. The summed E-state index contributed by atoms with van der Waals surface area (Å²) in [5.74, 6) is 3.33. The van der Waals surface area contributed by atoms with E-state index in [0.29, 0.717) is 5.92 Å². The van der Waals surface area contributed by atoms with E-state index in [-0.39, 0.29) is 0 Å². The molecule has 0 bridgehead atoms. The average Bonchev–Trinajstić information content (AvgIpc) is 3.32. The van der Waals surface area contributed by atoms with E-state index in [2.05, 4.69) is 25.2 Å². The fourth-order valence-corrected chi connectivity index (χ4v) is 2.12. The third kappa shape index (κ3) is 2.87. The normalized spacial score (nSPS) is 14.1. The molecule has 1 aliphatic rings. The zero-order valence-electron chi connectivity index (χ0n) is 11.9. The molecule has 0 atom stereocenters. The smallest absolute Gasteiger partial charge is 0.136 e. The van der Waals surface area contributed by atoms with Crippen LogP contribution < -0.4 is 10.2 Å². The van der Waals surface area contributed by atoms with Crippen LogP contribution in [0.4, 0.5) is 11.6 Å². The van der Waals surface area contributed by atoms with Gasteiger partial charge in [0, 0.05) is 32.3 Å². The van der Waals surface area contributed by atoms with Crippen LogP contribution in [0.25, 0.3) is 0 Å². The van der Waals surface area contributed by atoms with Gasteiger partial charge < -0.3 is 10.2 Å². The first-order chi connectivity index (χ1) is 9.76. The maximum Gasteiger partial charge on any atom is 0.136 e. The Balaban J connectivity index is 1.83. The summed E-state index contributed by atoms with van der Waals surface area (Å²) >= 11 is 0. The fraction of sp³-hybridized carbons (Fsp3) is 0.400. The highest BCUT2D eigenvalue weighted by Crippen LogP contribution is 2.39. The summed E-state index contributed by atoms with van der Waals surface area (Å²) in [7, 11) is 3.93. The Bertz CT molecular complexity index is 580. The topological polar surface area (TPSA) is 53.9 Å². The Morgan fingerprint density at radius 2 is 2.15 bits per heavy atom. The molecule has 3 rings (SSSR count). The van der Waals surface area contributed by atoms with Crippen LogP contribution in [0.2, 0.25) is 0 Å². The van der Waals surface area contributed by atoms with Crippen LogP contribution in [-0.4, -0.2) is 29.0 Å². The van der Waals surface area contributed by atoms with E-state index in [0.717, 1.165) is 29.7 Å². The van der Waals surface area contributed by atoms with Crippen LogP contribution in [0.15, 0.2) is 30.5 Å². The molecule has 1 fully saturated rings. The second-order valence-electron chi connectivity index (χ2n) is 5.17. The van der Waals surface area contributed by atoms with Gasteiger partial charge in [-0.3, -0.25) is 4.98 Å². The van der Waals surface area contributed by atoms with Crippen LogP contribution >= 0.6 is 0 Å². The Labute approximate surface area is 119 Å². The van der Waals surface area contributed by atoms with Gasteiger partial charge in [-0.25, -0.2) is 9.97 Å². The molecule has 0 aliphatic heterocycles. The Kier molecular flexibility index (Phi) is 3.50. The van der Waals surface area contributed by atoms with E-state index in [1.54, 1.807) is 0 Å². The predicted molar refractivity (Wildman–Crippen MR) is 79.9 cm³/mol. The maximum absolute atomic E-state index is 4.69. The van der Waals surface area contributed by atoms with Crippen molar-refractivity contribution in [1.29, 1.82) is 0 Å². The minimum Gasteiger partial charge on any atom is -0.373 e. The number of anilines is 2. The molecule has 2 aromatic rings. The highest BCUT2D eigenvalue weighted by atomic mass is 15.2. The molecule has 5 heteroatoms. The SMILES string of the molecule is CNc1cc(N(C)Cc2ccccn2)nc(C2CC2)n1. The lowest BCUT2D eigenvalue weighted by molar-refractivity contribution is 0.837. The lowest BCUT2D eigenvalue weighted by Crippen LogP contribution is -2.19. The van der Waals surface area contributed by atoms with E-state index in [1.807, 2.05) is 44.6 Å². The number of rotatable bonds is 5. The molecule has 0 unspecified atom stereocenters. The van der Waals surface area contributed by atoms with Crippen LogP contribution in [0.5, 0.6) is 0 Å². The summed E-state index contributed by atoms with van der Waals surface area (Å²) in [4.78, 5) is 15.7. The molecule has 2 heterocycles. The lowest BCUT2D eigenvalue weighted by Gasteiger charge is -2.19. The standard InChI is InChI=1S/C15H19N5/c1-16-13-9-14(19-15(18-13)11-6-7-11)20(2)10-12-5-3-4-8-17-12/h3-5,8-9,11H,6-7,10H2,1-2H3,(H,16,18,19). The van der Waals surface area contributed by atoms with E-state index in [4.69, 9.17) is 0 Å². The first-order valence-electron chi connectivity index (χ1n) is 6.94. The quantitative estimate of drug-likeness (QED) is 0.903. The molecule has 2 aromatic heterocycles. The zero-order valence-corrected chi connectivity index (χ0v) is 11.9. The van der Waals surface area contributed by atoms with Gasteiger partial charge in [-0.2, -0.15) is 0 Å². The van der Waals surface area contributed by atoms with E-state index in [9.17, 15) is 0 Å². The van der Waals surface area contributed by atoms with Crippen molar-refractivity contribution in [2.75, 3.05) is 24.3 Å². The molecular formula is C15H19N5. The third-order valence-corrected chi connectivity index (χ3v) is 3.44. The zero-order chi connectivity index (χ0) is 13.9. The molecule has 20 heavy (non-hydrogen) atoms. The van der Waals surface area contributed by atoms with Gasteiger partial charge in [0.05, 0.1) is 12.2 Å². The van der Waals surface area contributed by atoms with Crippen LogP contribution in [0.3, 0.4) is 0 Å². The highest BCUT2D eigenvalue weighted by Gasteiger charge is 2.27. The van der Waals surface area contributed by atoms with E-state index >= 15 is 0 Å². The molecule has 0 saturated heterocycles. The largest absolute Gasteiger partial charge is 0.373 e. The number of nitrogens with zero attached hydrogens (tertiary/aromatic N) is 4. The van der Waals surface area contributed by atoms with Crippen LogP contribution in [0, 0.1) is 0 Å². The fourth-order valence-electron chi connectivity index (χ4n) is 2.12. The molecule has 1 N–H and O–H groups in total. The van der Waals surface area contributed by atoms with Crippen molar-refractivity contribution in [2.24, 2.45) is 0 Å². The molecule has 0 spiro atoms.